The second-order valence-electron chi connectivity index (χ2n) is 8.67. The molecule has 0 radical (unpaired) electrons. The number of benzene rings is 3. The lowest BCUT2D eigenvalue weighted by molar-refractivity contribution is -0.121. The maximum Gasteiger partial charge on any atom is 0.264 e. The molecule has 180 valence electrons. The van der Waals surface area contributed by atoms with Crippen molar-refractivity contribution in [3.8, 4) is 17.2 Å². The van der Waals surface area contributed by atoms with Crippen LogP contribution in [0, 0.1) is 13.8 Å². The van der Waals surface area contributed by atoms with E-state index < -0.39 is 0 Å². The second kappa shape index (κ2) is 10.7. The maximum absolute atomic E-state index is 12.3. The van der Waals surface area contributed by atoms with Crippen molar-refractivity contribution >= 4 is 40.0 Å². The van der Waals surface area contributed by atoms with Crippen LogP contribution in [-0.4, -0.2) is 22.6 Å². The van der Waals surface area contributed by atoms with E-state index >= 15 is 0 Å². The maximum atomic E-state index is 12.3. The number of nitrogens with zero attached hydrogens (tertiary/aromatic N) is 1. The first-order valence-corrected chi connectivity index (χ1v) is 12.0. The van der Waals surface area contributed by atoms with Crippen LogP contribution in [0.1, 0.15) is 42.9 Å². The SMILES string of the molecule is CC[C@H](C)c1ccc2oc(-c3cccc(NC(=S)NC(=O)COc4ccc(C)c(C)c4)c3)nc2c1. The summed E-state index contributed by atoms with van der Waals surface area (Å²) in [5.41, 5.74) is 6.63. The van der Waals surface area contributed by atoms with Crippen molar-refractivity contribution in [2.75, 3.05) is 11.9 Å². The molecule has 0 unspecified atom stereocenters. The highest BCUT2D eigenvalue weighted by Gasteiger charge is 2.12. The number of fused-ring (bicyclic) bond motifs is 1. The molecule has 1 atom stereocenters. The molecule has 0 saturated carbocycles. The standard InChI is InChI=1S/C28H29N3O3S/c1-5-17(2)20-10-12-25-24(15-20)30-27(34-25)21-7-6-8-22(14-21)29-28(35)31-26(32)16-33-23-11-9-18(3)19(4)13-23/h6-15,17H,5,16H2,1-4H3,(H2,29,31,32,35)/t17-/m0/s1. The highest BCUT2D eigenvalue weighted by molar-refractivity contribution is 7.80. The minimum absolute atomic E-state index is 0.133. The van der Waals surface area contributed by atoms with Gasteiger partial charge in [-0.25, -0.2) is 4.98 Å². The molecule has 6 nitrogen and oxygen atoms in total. The zero-order valence-electron chi connectivity index (χ0n) is 20.3. The number of nitrogens with one attached hydrogen (secondary N) is 2. The van der Waals surface area contributed by atoms with Crippen LogP contribution in [0.25, 0.3) is 22.6 Å². The fourth-order valence-corrected chi connectivity index (χ4v) is 3.85. The monoisotopic (exact) mass is 487 g/mol. The lowest BCUT2D eigenvalue weighted by Crippen LogP contribution is -2.37. The number of thiocarbonyl (C=S) groups is 1. The Bertz CT molecular complexity index is 1380. The predicted octanol–water partition coefficient (Wildman–Crippen LogP) is 6.52. The number of oxazole rings is 1. The number of carbonyl (C=O) groups is 1. The molecule has 1 amide bonds. The van der Waals surface area contributed by atoms with Crippen LogP contribution in [0.3, 0.4) is 0 Å². The number of aromatic nitrogens is 1. The Morgan fingerprint density at radius 2 is 1.91 bits per heavy atom. The number of hydrogen-bond acceptors (Lipinski definition) is 5. The van der Waals surface area contributed by atoms with Crippen molar-refractivity contribution in [2.45, 2.75) is 40.0 Å². The fraction of sp³-hybridized carbons (Fsp3) is 0.250. The van der Waals surface area contributed by atoms with Gasteiger partial charge in [-0.1, -0.05) is 32.0 Å². The molecule has 0 spiro atoms. The summed E-state index contributed by atoms with van der Waals surface area (Å²) < 4.78 is 11.5. The third-order valence-electron chi connectivity index (χ3n) is 6.06. The van der Waals surface area contributed by atoms with Gasteiger partial charge in [0.15, 0.2) is 17.3 Å². The Morgan fingerprint density at radius 1 is 1.09 bits per heavy atom. The van der Waals surface area contributed by atoms with E-state index in [9.17, 15) is 4.79 Å². The van der Waals surface area contributed by atoms with Gasteiger partial charge in [0, 0.05) is 11.3 Å². The topological polar surface area (TPSA) is 76.4 Å². The molecular weight excluding hydrogens is 458 g/mol. The Kier molecular flexibility index (Phi) is 7.46. The molecule has 0 fully saturated rings. The van der Waals surface area contributed by atoms with Gasteiger partial charge in [-0.3, -0.25) is 10.1 Å². The van der Waals surface area contributed by atoms with E-state index in [1.165, 1.54) is 11.1 Å². The normalized spacial score (nSPS) is 11.8. The van der Waals surface area contributed by atoms with Gasteiger partial charge in [0.1, 0.15) is 11.3 Å². The molecule has 0 aliphatic rings. The Balaban J connectivity index is 1.38. The van der Waals surface area contributed by atoms with Gasteiger partial charge in [0.05, 0.1) is 0 Å². The molecule has 0 aliphatic carbocycles. The van der Waals surface area contributed by atoms with Crippen molar-refractivity contribution in [1.29, 1.82) is 0 Å². The largest absolute Gasteiger partial charge is 0.484 e. The summed E-state index contributed by atoms with van der Waals surface area (Å²) in [7, 11) is 0. The molecular formula is C28H29N3O3S. The lowest BCUT2D eigenvalue weighted by atomic mass is 9.98. The van der Waals surface area contributed by atoms with Crippen molar-refractivity contribution in [3.63, 3.8) is 0 Å². The van der Waals surface area contributed by atoms with Gasteiger partial charge in [-0.05, 0) is 97.6 Å². The number of anilines is 1. The van der Waals surface area contributed by atoms with Gasteiger partial charge >= 0.3 is 0 Å². The number of carbonyl (C=O) groups excluding carboxylic acids is 1. The van der Waals surface area contributed by atoms with Crippen LogP contribution in [0.4, 0.5) is 5.69 Å². The first kappa shape index (κ1) is 24.4. The van der Waals surface area contributed by atoms with Crippen molar-refractivity contribution in [3.05, 3.63) is 77.4 Å². The average molecular weight is 488 g/mol. The summed E-state index contributed by atoms with van der Waals surface area (Å²) in [6.07, 6.45) is 1.07. The van der Waals surface area contributed by atoms with E-state index in [1.807, 2.05) is 62.4 Å². The van der Waals surface area contributed by atoms with E-state index in [0.717, 1.165) is 28.6 Å². The summed E-state index contributed by atoms with van der Waals surface area (Å²) in [6, 6.07) is 19.4. The number of hydrogen-bond donors (Lipinski definition) is 2. The fourth-order valence-electron chi connectivity index (χ4n) is 3.62. The number of rotatable bonds is 7. The van der Waals surface area contributed by atoms with Crippen molar-refractivity contribution in [1.82, 2.24) is 10.3 Å². The lowest BCUT2D eigenvalue weighted by Gasteiger charge is -2.11. The zero-order chi connectivity index (χ0) is 24.9. The van der Waals surface area contributed by atoms with Gasteiger partial charge in [-0.2, -0.15) is 0 Å². The Hall–Kier alpha value is -3.71. The van der Waals surface area contributed by atoms with E-state index in [2.05, 4.69) is 41.6 Å². The first-order valence-electron chi connectivity index (χ1n) is 11.6. The predicted molar refractivity (Wildman–Crippen MR) is 144 cm³/mol. The number of ether oxygens (including phenoxy) is 1. The third kappa shape index (κ3) is 6.05. The van der Waals surface area contributed by atoms with E-state index in [1.54, 1.807) is 0 Å². The zero-order valence-corrected chi connectivity index (χ0v) is 21.2. The first-order chi connectivity index (χ1) is 16.8. The van der Waals surface area contributed by atoms with E-state index in [4.69, 9.17) is 21.4 Å². The van der Waals surface area contributed by atoms with Crippen LogP contribution in [-0.2, 0) is 4.79 Å². The van der Waals surface area contributed by atoms with Crippen LogP contribution in [0.2, 0.25) is 0 Å². The van der Waals surface area contributed by atoms with Crippen LogP contribution >= 0.6 is 12.2 Å². The summed E-state index contributed by atoms with van der Waals surface area (Å²) in [5, 5.41) is 5.87. The quantitative estimate of drug-likeness (QED) is 0.289. The van der Waals surface area contributed by atoms with Gasteiger partial charge in [0.25, 0.3) is 5.91 Å². The second-order valence-corrected chi connectivity index (χ2v) is 9.08. The molecule has 1 aromatic heterocycles. The molecule has 3 aromatic carbocycles. The highest BCUT2D eigenvalue weighted by atomic mass is 32.1. The van der Waals surface area contributed by atoms with Crippen LogP contribution in [0.5, 0.6) is 5.75 Å². The third-order valence-corrected chi connectivity index (χ3v) is 6.27. The van der Waals surface area contributed by atoms with Gasteiger partial charge < -0.3 is 14.5 Å². The molecule has 0 aliphatic heterocycles. The Morgan fingerprint density at radius 3 is 2.69 bits per heavy atom. The van der Waals surface area contributed by atoms with Crippen molar-refractivity contribution < 1.29 is 13.9 Å². The van der Waals surface area contributed by atoms with Crippen LogP contribution in [0.15, 0.2) is 65.1 Å². The molecule has 0 saturated heterocycles. The number of aryl methyl sites for hydroxylation is 2. The van der Waals surface area contributed by atoms with Gasteiger partial charge in [-0.15, -0.1) is 0 Å². The summed E-state index contributed by atoms with van der Waals surface area (Å²) in [6.45, 7) is 8.27. The summed E-state index contributed by atoms with van der Waals surface area (Å²) in [4.78, 5) is 16.9. The van der Waals surface area contributed by atoms with E-state index in [-0.39, 0.29) is 17.6 Å². The molecule has 2 N–H and O–H groups in total. The summed E-state index contributed by atoms with van der Waals surface area (Å²) >= 11 is 5.31. The molecule has 1 heterocycles. The smallest absolute Gasteiger partial charge is 0.264 e. The molecule has 4 aromatic rings. The van der Waals surface area contributed by atoms with E-state index in [0.29, 0.717) is 23.2 Å². The highest BCUT2D eigenvalue weighted by Crippen LogP contribution is 2.29. The Labute approximate surface area is 210 Å². The average Bonchev–Trinajstić information content (AvgIpc) is 3.28. The van der Waals surface area contributed by atoms with Crippen LogP contribution < -0.4 is 15.4 Å². The summed E-state index contributed by atoms with van der Waals surface area (Å²) in [5.74, 6) is 1.30. The minimum Gasteiger partial charge on any atom is -0.484 e. The molecule has 35 heavy (non-hydrogen) atoms. The molecule has 7 heteroatoms. The van der Waals surface area contributed by atoms with Crippen molar-refractivity contribution in [2.24, 2.45) is 0 Å². The number of amides is 1. The molecule has 0 bridgehead atoms. The minimum atomic E-state index is -0.340. The van der Waals surface area contributed by atoms with Gasteiger partial charge in [0.2, 0.25) is 5.89 Å². The molecule has 4 rings (SSSR count).